The van der Waals surface area contributed by atoms with Crippen molar-refractivity contribution in [2.24, 2.45) is 11.7 Å². The molecular weight excluding hydrogens is 354 g/mol. The van der Waals surface area contributed by atoms with Gasteiger partial charge in [-0.05, 0) is 62.5 Å². The van der Waals surface area contributed by atoms with Gasteiger partial charge in [-0.15, -0.1) is 23.5 Å². The van der Waals surface area contributed by atoms with Crippen LogP contribution in [0.2, 0.25) is 0 Å². The van der Waals surface area contributed by atoms with Crippen molar-refractivity contribution < 1.29 is 9.53 Å². The number of benzene rings is 1. The van der Waals surface area contributed by atoms with Crippen LogP contribution in [0.15, 0.2) is 35.4 Å². The van der Waals surface area contributed by atoms with Gasteiger partial charge in [0.05, 0.1) is 11.2 Å². The van der Waals surface area contributed by atoms with Crippen LogP contribution in [0.4, 0.5) is 0 Å². The third-order valence-electron chi connectivity index (χ3n) is 4.35. The Balaban J connectivity index is 1.74. The summed E-state index contributed by atoms with van der Waals surface area (Å²) in [4.78, 5) is 18.1. The summed E-state index contributed by atoms with van der Waals surface area (Å²) >= 11 is 2.99. The molecule has 25 heavy (non-hydrogen) atoms. The summed E-state index contributed by atoms with van der Waals surface area (Å²) in [6.45, 7) is 1.87. The first-order valence-electron chi connectivity index (χ1n) is 8.17. The van der Waals surface area contributed by atoms with Crippen LogP contribution >= 0.6 is 23.5 Å². The topological polar surface area (TPSA) is 77.2 Å². The summed E-state index contributed by atoms with van der Waals surface area (Å²) in [5.41, 5.74) is 5.79. The van der Waals surface area contributed by atoms with Gasteiger partial charge in [-0.1, -0.05) is 0 Å². The summed E-state index contributed by atoms with van der Waals surface area (Å²) in [6, 6.07) is 7.73. The van der Waals surface area contributed by atoms with E-state index in [9.17, 15) is 4.79 Å². The molecule has 2 aromatic rings. The maximum atomic E-state index is 12.5. The molecule has 0 bridgehead atoms. The Kier molecular flexibility index (Phi) is 5.46. The molecule has 134 valence electrons. The normalized spacial score (nSPS) is 17.8. The van der Waals surface area contributed by atoms with Crippen LogP contribution in [0.25, 0.3) is 10.9 Å². The lowest BCUT2D eigenvalue weighted by Gasteiger charge is -2.28. The van der Waals surface area contributed by atoms with Gasteiger partial charge in [0, 0.05) is 16.5 Å². The van der Waals surface area contributed by atoms with Crippen molar-refractivity contribution in [1.82, 2.24) is 10.3 Å². The van der Waals surface area contributed by atoms with E-state index in [2.05, 4.69) is 16.4 Å². The van der Waals surface area contributed by atoms with Crippen LogP contribution in [-0.4, -0.2) is 34.5 Å². The highest BCUT2D eigenvalue weighted by Gasteiger charge is 2.40. The van der Waals surface area contributed by atoms with Crippen LogP contribution < -0.4 is 15.8 Å². The largest absolute Gasteiger partial charge is 0.470 e. The summed E-state index contributed by atoms with van der Waals surface area (Å²) in [6.07, 6.45) is 7.84. The fourth-order valence-corrected chi connectivity index (χ4v) is 3.60. The Labute approximate surface area is 156 Å². The molecular formula is C18H23N3O2S2. The fraction of sp³-hybridized carbons (Fsp3) is 0.444. The lowest BCUT2D eigenvalue weighted by atomic mass is 10.1. The monoisotopic (exact) mass is 377 g/mol. The number of rotatable bonds is 7. The smallest absolute Gasteiger partial charge is 0.273 e. The molecule has 7 heteroatoms. The molecule has 1 amide bonds. The van der Waals surface area contributed by atoms with Crippen LogP contribution in [0.3, 0.4) is 0 Å². The third kappa shape index (κ3) is 4.40. The van der Waals surface area contributed by atoms with Crippen molar-refractivity contribution in [1.29, 1.82) is 0 Å². The number of pyridine rings is 1. The average Bonchev–Trinajstić information content (AvgIpc) is 3.44. The Hall–Kier alpha value is -1.44. The Bertz CT molecular complexity index is 778. The Morgan fingerprint density at radius 2 is 2.16 bits per heavy atom. The zero-order valence-corrected chi connectivity index (χ0v) is 16.2. The van der Waals surface area contributed by atoms with E-state index in [0.717, 1.165) is 28.6 Å². The van der Waals surface area contributed by atoms with E-state index in [0.29, 0.717) is 11.7 Å². The minimum atomic E-state index is -0.672. The highest BCUT2D eigenvalue weighted by atomic mass is 32.2. The first-order valence-corrected chi connectivity index (χ1v) is 10.7. The molecule has 1 aromatic carbocycles. The predicted molar refractivity (Wildman–Crippen MR) is 105 cm³/mol. The van der Waals surface area contributed by atoms with Crippen LogP contribution in [0, 0.1) is 5.92 Å². The highest BCUT2D eigenvalue weighted by molar-refractivity contribution is 7.99. The minimum Gasteiger partial charge on any atom is -0.470 e. The Morgan fingerprint density at radius 3 is 2.80 bits per heavy atom. The summed E-state index contributed by atoms with van der Waals surface area (Å²) in [5.74, 6) is 0.809. The number of carbonyl (C=O) groups excluding carboxylic acids is 1. The number of hydrogen-bond donors (Lipinski definition) is 2. The average molecular weight is 378 g/mol. The van der Waals surface area contributed by atoms with E-state index in [1.54, 1.807) is 11.8 Å². The molecule has 1 aliphatic rings. The molecule has 1 fully saturated rings. The van der Waals surface area contributed by atoms with Crippen molar-refractivity contribution in [2.75, 3.05) is 12.5 Å². The van der Waals surface area contributed by atoms with Crippen molar-refractivity contribution in [3.63, 3.8) is 0 Å². The zero-order valence-electron chi connectivity index (χ0n) is 14.6. The van der Waals surface area contributed by atoms with E-state index in [-0.39, 0.29) is 5.91 Å². The second kappa shape index (κ2) is 7.43. The van der Waals surface area contributed by atoms with Gasteiger partial charge in [0.1, 0.15) is 5.75 Å². The number of ether oxygens (including phenoxy) is 1. The number of nitrogens with one attached hydrogen (secondary N) is 1. The first kappa shape index (κ1) is 18.4. The molecule has 5 nitrogen and oxygen atoms in total. The van der Waals surface area contributed by atoms with Gasteiger partial charge in [0.25, 0.3) is 5.91 Å². The zero-order chi connectivity index (χ0) is 18.0. The van der Waals surface area contributed by atoms with Gasteiger partial charge < -0.3 is 15.8 Å². The molecule has 1 saturated carbocycles. The number of thioether (sulfide) groups is 2. The van der Waals surface area contributed by atoms with Gasteiger partial charge in [-0.2, -0.15) is 0 Å². The van der Waals surface area contributed by atoms with Gasteiger partial charge in [0.2, 0.25) is 5.44 Å². The van der Waals surface area contributed by atoms with Crippen molar-refractivity contribution in [3.05, 3.63) is 30.5 Å². The molecule has 3 rings (SSSR count). The number of nitrogens with two attached hydrogens (primary N) is 1. The van der Waals surface area contributed by atoms with Crippen molar-refractivity contribution >= 4 is 40.3 Å². The molecule has 0 spiro atoms. The van der Waals surface area contributed by atoms with Crippen molar-refractivity contribution in [2.45, 2.75) is 35.8 Å². The summed E-state index contributed by atoms with van der Waals surface area (Å²) in [5, 5.41) is 3.91. The molecule has 1 aliphatic carbocycles. The maximum Gasteiger partial charge on any atom is 0.273 e. The van der Waals surface area contributed by atoms with Gasteiger partial charge in [-0.25, -0.2) is 0 Å². The lowest BCUT2D eigenvalue weighted by Crippen LogP contribution is -2.57. The van der Waals surface area contributed by atoms with E-state index < -0.39 is 11.1 Å². The molecule has 0 radical (unpaired) electrons. The number of amides is 1. The number of fused-ring (bicyclic) bond motifs is 1. The maximum absolute atomic E-state index is 12.5. The quantitative estimate of drug-likeness (QED) is 0.570. The number of nitrogens with zero attached hydrogens (tertiary/aromatic N) is 1. The van der Waals surface area contributed by atoms with Crippen LogP contribution in [-0.2, 0) is 4.79 Å². The van der Waals surface area contributed by atoms with Crippen LogP contribution in [0.1, 0.15) is 19.8 Å². The van der Waals surface area contributed by atoms with Crippen molar-refractivity contribution in [3.8, 4) is 5.75 Å². The van der Waals surface area contributed by atoms with Crippen LogP contribution in [0.5, 0.6) is 5.75 Å². The predicted octanol–water partition coefficient (Wildman–Crippen LogP) is 3.23. The van der Waals surface area contributed by atoms with Gasteiger partial charge >= 0.3 is 0 Å². The minimum absolute atomic E-state index is 0.194. The number of aromatic nitrogens is 1. The van der Waals surface area contributed by atoms with E-state index in [1.807, 2.05) is 43.8 Å². The second-order valence-electron chi connectivity index (χ2n) is 6.46. The molecule has 0 saturated heterocycles. The van der Waals surface area contributed by atoms with E-state index in [1.165, 1.54) is 11.8 Å². The standard InChI is InChI=1S/C18H23N3O2S2/c1-18(19,12-4-5-12)21-16(22)17(25-3)23-13-6-7-15-11(8-13)9-14(24-2)10-20-15/h6-10,12,17H,4-5,19H2,1-3H3,(H,21,22). The number of hydrogen-bond acceptors (Lipinski definition) is 6. The van der Waals surface area contributed by atoms with E-state index in [4.69, 9.17) is 10.5 Å². The lowest BCUT2D eigenvalue weighted by molar-refractivity contribution is -0.126. The van der Waals surface area contributed by atoms with E-state index >= 15 is 0 Å². The molecule has 1 aromatic heterocycles. The number of carbonyl (C=O) groups is 1. The molecule has 0 aliphatic heterocycles. The molecule has 1 heterocycles. The summed E-state index contributed by atoms with van der Waals surface area (Å²) < 4.78 is 5.91. The summed E-state index contributed by atoms with van der Waals surface area (Å²) in [7, 11) is 0. The Morgan fingerprint density at radius 1 is 1.40 bits per heavy atom. The van der Waals surface area contributed by atoms with Gasteiger partial charge in [0.15, 0.2) is 0 Å². The molecule has 2 atom stereocenters. The SMILES string of the molecule is CSc1cnc2ccc(OC(SC)C(=O)NC(C)(N)C3CC3)cc2c1. The molecule has 3 N–H and O–H groups in total. The second-order valence-corrected chi connectivity index (χ2v) is 8.24. The molecule has 2 unspecified atom stereocenters. The first-order chi connectivity index (χ1) is 11.9. The highest BCUT2D eigenvalue weighted by Crippen LogP contribution is 2.36. The van der Waals surface area contributed by atoms with Gasteiger partial charge in [-0.3, -0.25) is 9.78 Å². The fourth-order valence-electron chi connectivity index (χ4n) is 2.72. The third-order valence-corrected chi connectivity index (χ3v) is 5.79.